The highest BCUT2D eigenvalue weighted by atomic mass is 16.1. The largest absolute Gasteiger partial charge is 0.295 e. The third-order valence-corrected chi connectivity index (χ3v) is 8.36. The van der Waals surface area contributed by atoms with Crippen LogP contribution in [-0.2, 0) is 4.79 Å². The van der Waals surface area contributed by atoms with Gasteiger partial charge in [-0.25, -0.2) is 0 Å². The molecule has 0 saturated heterocycles. The first-order valence-corrected chi connectivity index (χ1v) is 9.17. The summed E-state index contributed by atoms with van der Waals surface area (Å²) < 4.78 is 0. The minimum Gasteiger partial charge on any atom is -0.295 e. The van der Waals surface area contributed by atoms with Crippen molar-refractivity contribution in [2.24, 2.45) is 34.5 Å². The second kappa shape index (κ2) is 4.46. The van der Waals surface area contributed by atoms with Crippen molar-refractivity contribution in [3.8, 4) is 0 Å². The van der Waals surface area contributed by atoms with E-state index in [1.54, 1.807) is 0 Å². The van der Waals surface area contributed by atoms with Crippen LogP contribution in [0.4, 0.5) is 0 Å². The Kier molecular flexibility index (Phi) is 2.98. The van der Waals surface area contributed by atoms with Crippen molar-refractivity contribution in [2.45, 2.75) is 72.1 Å². The molecule has 116 valence electrons. The average Bonchev–Trinajstić information content (AvgIpc) is 2.82. The lowest BCUT2D eigenvalue weighted by Crippen LogP contribution is -2.52. The zero-order chi connectivity index (χ0) is 14.8. The maximum atomic E-state index is 12.0. The van der Waals surface area contributed by atoms with Gasteiger partial charge < -0.3 is 0 Å². The van der Waals surface area contributed by atoms with Gasteiger partial charge in [0.1, 0.15) is 0 Å². The predicted octanol–water partition coefficient (Wildman–Crippen LogP) is 5.15. The number of fused-ring (bicyclic) bond motifs is 5. The Morgan fingerprint density at radius 3 is 2.67 bits per heavy atom. The summed E-state index contributed by atoms with van der Waals surface area (Å²) in [6, 6.07) is 0. The van der Waals surface area contributed by atoms with Gasteiger partial charge >= 0.3 is 0 Å². The third-order valence-electron chi connectivity index (χ3n) is 8.36. The Hall–Kier alpha value is -0.590. The smallest absolute Gasteiger partial charge is 0.155 e. The van der Waals surface area contributed by atoms with Gasteiger partial charge in [-0.15, -0.1) is 0 Å². The van der Waals surface area contributed by atoms with Crippen molar-refractivity contribution in [3.05, 3.63) is 11.6 Å². The first kappa shape index (κ1) is 14.0. The van der Waals surface area contributed by atoms with Gasteiger partial charge in [-0.05, 0) is 86.0 Å². The highest BCUT2D eigenvalue weighted by Crippen LogP contribution is 2.66. The molecular formula is C20H30O. The normalized spacial score (nSPS) is 52.7. The van der Waals surface area contributed by atoms with Crippen molar-refractivity contribution < 1.29 is 4.79 Å². The molecule has 0 aromatic heterocycles. The van der Waals surface area contributed by atoms with Crippen LogP contribution in [0.3, 0.4) is 0 Å². The lowest BCUT2D eigenvalue weighted by molar-refractivity contribution is -0.122. The Labute approximate surface area is 129 Å². The number of allylic oxidation sites excluding steroid dienone is 2. The molecular weight excluding hydrogens is 256 g/mol. The second-order valence-corrected chi connectivity index (χ2v) is 9.02. The number of ketones is 1. The van der Waals surface area contributed by atoms with Gasteiger partial charge in [0.15, 0.2) is 5.78 Å². The van der Waals surface area contributed by atoms with Crippen LogP contribution < -0.4 is 0 Å². The Morgan fingerprint density at radius 2 is 1.86 bits per heavy atom. The lowest BCUT2D eigenvalue weighted by Gasteiger charge is -2.59. The van der Waals surface area contributed by atoms with Gasteiger partial charge in [0, 0.05) is 6.42 Å². The third kappa shape index (κ3) is 1.79. The van der Waals surface area contributed by atoms with Crippen LogP contribution in [-0.4, -0.2) is 5.78 Å². The number of hydrogen-bond donors (Lipinski definition) is 0. The number of hydrogen-bond acceptors (Lipinski definition) is 1. The van der Waals surface area contributed by atoms with Crippen LogP contribution in [0.2, 0.25) is 0 Å². The predicted molar refractivity (Wildman–Crippen MR) is 85.9 cm³/mol. The molecule has 3 fully saturated rings. The topological polar surface area (TPSA) is 17.1 Å². The van der Waals surface area contributed by atoms with Crippen molar-refractivity contribution in [1.29, 1.82) is 0 Å². The molecule has 4 aliphatic rings. The summed E-state index contributed by atoms with van der Waals surface area (Å²) >= 11 is 0. The molecule has 0 radical (unpaired) electrons. The molecule has 0 aromatic carbocycles. The Morgan fingerprint density at radius 1 is 1.05 bits per heavy atom. The van der Waals surface area contributed by atoms with Crippen molar-refractivity contribution in [3.63, 3.8) is 0 Å². The van der Waals surface area contributed by atoms with E-state index in [9.17, 15) is 4.79 Å². The zero-order valence-electron chi connectivity index (χ0n) is 14.0. The van der Waals surface area contributed by atoms with E-state index in [4.69, 9.17) is 0 Å². The minimum atomic E-state index is 0.320. The van der Waals surface area contributed by atoms with Crippen LogP contribution in [0, 0.1) is 34.5 Å². The quantitative estimate of drug-likeness (QED) is 0.601. The molecule has 0 bridgehead atoms. The molecule has 0 spiro atoms. The minimum absolute atomic E-state index is 0.320. The molecule has 0 N–H and O–H groups in total. The summed E-state index contributed by atoms with van der Waals surface area (Å²) in [4.78, 5) is 12.0. The van der Waals surface area contributed by atoms with E-state index >= 15 is 0 Å². The van der Waals surface area contributed by atoms with E-state index in [2.05, 4.69) is 20.8 Å². The van der Waals surface area contributed by atoms with Gasteiger partial charge in [-0.2, -0.15) is 0 Å². The van der Waals surface area contributed by atoms with E-state index in [0.717, 1.165) is 24.2 Å². The number of carbonyl (C=O) groups is 1. The molecule has 0 amide bonds. The van der Waals surface area contributed by atoms with Crippen molar-refractivity contribution in [2.75, 3.05) is 0 Å². The van der Waals surface area contributed by atoms with E-state index in [1.807, 2.05) is 6.08 Å². The summed E-state index contributed by atoms with van der Waals surface area (Å²) in [6.07, 6.45) is 12.7. The van der Waals surface area contributed by atoms with Gasteiger partial charge in [0.05, 0.1) is 0 Å². The standard InChI is InChI=1S/C20H30O/c1-13-11-15(21)12-14-6-7-16-17-5-4-9-19(17,2)10-8-18(16)20(13,14)3/h11,14,16-18H,4-10,12H2,1-3H3/t14-,16-,17-,18-,19-,20-/m0/s1. The Balaban J connectivity index is 1.72. The zero-order valence-corrected chi connectivity index (χ0v) is 14.0. The van der Waals surface area contributed by atoms with Crippen LogP contribution in [0.25, 0.3) is 0 Å². The van der Waals surface area contributed by atoms with Gasteiger partial charge in [0.25, 0.3) is 0 Å². The summed E-state index contributed by atoms with van der Waals surface area (Å²) in [5.41, 5.74) is 2.37. The molecule has 21 heavy (non-hydrogen) atoms. The van der Waals surface area contributed by atoms with E-state index in [1.165, 1.54) is 50.5 Å². The molecule has 4 aliphatic carbocycles. The lowest BCUT2D eigenvalue weighted by atomic mass is 9.45. The molecule has 4 rings (SSSR count). The highest BCUT2D eigenvalue weighted by molar-refractivity contribution is 5.91. The van der Waals surface area contributed by atoms with Gasteiger partial charge in [0.2, 0.25) is 0 Å². The number of carbonyl (C=O) groups excluding carboxylic acids is 1. The van der Waals surface area contributed by atoms with Gasteiger partial charge in [-0.1, -0.05) is 25.8 Å². The highest BCUT2D eigenvalue weighted by Gasteiger charge is 2.58. The monoisotopic (exact) mass is 286 g/mol. The fourth-order valence-corrected chi connectivity index (χ4v) is 7.05. The van der Waals surface area contributed by atoms with E-state index in [0.29, 0.717) is 22.5 Å². The second-order valence-electron chi connectivity index (χ2n) is 9.02. The van der Waals surface area contributed by atoms with Crippen LogP contribution in [0.1, 0.15) is 72.1 Å². The van der Waals surface area contributed by atoms with Crippen molar-refractivity contribution >= 4 is 5.78 Å². The van der Waals surface area contributed by atoms with Crippen LogP contribution >= 0.6 is 0 Å². The first-order valence-electron chi connectivity index (χ1n) is 9.17. The molecule has 0 heterocycles. The summed E-state index contributed by atoms with van der Waals surface area (Å²) in [6.45, 7) is 7.32. The van der Waals surface area contributed by atoms with Crippen LogP contribution in [0.15, 0.2) is 11.6 Å². The average molecular weight is 286 g/mol. The SMILES string of the molecule is CC1=CC(=O)C[C@@H]2CC[C@H]3[C@@H]4CCC[C@@]4(C)CC[C@@H]3[C@@]12C. The summed E-state index contributed by atoms with van der Waals surface area (Å²) in [5.74, 6) is 3.76. The molecule has 6 atom stereocenters. The molecule has 0 unspecified atom stereocenters. The maximum Gasteiger partial charge on any atom is 0.155 e. The molecule has 3 saturated carbocycles. The Bertz CT molecular complexity index is 504. The number of rotatable bonds is 0. The molecule has 0 aromatic rings. The van der Waals surface area contributed by atoms with Crippen LogP contribution in [0.5, 0.6) is 0 Å². The molecule has 1 nitrogen and oxygen atoms in total. The fourth-order valence-electron chi connectivity index (χ4n) is 7.05. The van der Waals surface area contributed by atoms with E-state index in [-0.39, 0.29) is 0 Å². The first-order chi connectivity index (χ1) is 9.95. The van der Waals surface area contributed by atoms with E-state index < -0.39 is 0 Å². The molecule has 0 aliphatic heterocycles. The van der Waals surface area contributed by atoms with Crippen molar-refractivity contribution in [1.82, 2.24) is 0 Å². The summed E-state index contributed by atoms with van der Waals surface area (Å²) in [7, 11) is 0. The molecule has 1 heteroatoms. The fraction of sp³-hybridized carbons (Fsp3) is 0.850. The summed E-state index contributed by atoms with van der Waals surface area (Å²) in [5, 5.41) is 0. The van der Waals surface area contributed by atoms with Gasteiger partial charge in [-0.3, -0.25) is 4.79 Å². The maximum absolute atomic E-state index is 12.0.